The fourth-order valence-electron chi connectivity index (χ4n) is 2.57. The van der Waals surface area contributed by atoms with Crippen molar-refractivity contribution in [3.8, 4) is 5.75 Å². The van der Waals surface area contributed by atoms with Crippen LogP contribution in [0.5, 0.6) is 5.75 Å². The molecule has 9 heteroatoms. The van der Waals surface area contributed by atoms with Crippen molar-refractivity contribution in [2.45, 2.75) is 19.4 Å². The van der Waals surface area contributed by atoms with Crippen LogP contribution >= 0.6 is 0 Å². The van der Waals surface area contributed by atoms with Crippen molar-refractivity contribution < 1.29 is 32.6 Å². The first-order chi connectivity index (χ1) is 13.2. The molecule has 0 aliphatic carbocycles. The molecule has 2 aromatic rings. The number of ether oxygens (including phenoxy) is 2. The number of hydrogen-bond donors (Lipinski definition) is 2. The van der Waals surface area contributed by atoms with Crippen molar-refractivity contribution in [2.75, 3.05) is 17.2 Å². The summed E-state index contributed by atoms with van der Waals surface area (Å²) in [5.74, 6) is -3.97. The highest BCUT2D eigenvalue weighted by Gasteiger charge is 2.48. The number of nitrogens with one attached hydrogen (secondary N) is 2. The van der Waals surface area contributed by atoms with Gasteiger partial charge in [-0.25, -0.2) is 13.6 Å². The van der Waals surface area contributed by atoms with E-state index in [1.165, 1.54) is 25.1 Å². The average Bonchev–Trinajstić information content (AvgIpc) is 2.65. The Labute approximate surface area is 158 Å². The lowest BCUT2D eigenvalue weighted by Gasteiger charge is -2.32. The van der Waals surface area contributed by atoms with Gasteiger partial charge in [0.1, 0.15) is 17.4 Å². The molecule has 0 spiro atoms. The van der Waals surface area contributed by atoms with E-state index in [1.54, 1.807) is 6.92 Å². The van der Waals surface area contributed by atoms with Gasteiger partial charge in [0.05, 0.1) is 17.9 Å². The van der Waals surface area contributed by atoms with Gasteiger partial charge < -0.3 is 20.1 Å². The summed E-state index contributed by atoms with van der Waals surface area (Å²) in [4.78, 5) is 36.6. The van der Waals surface area contributed by atoms with Crippen LogP contribution in [-0.2, 0) is 14.3 Å². The van der Waals surface area contributed by atoms with Crippen molar-refractivity contribution in [3.05, 3.63) is 53.6 Å². The molecule has 0 unspecified atom stereocenters. The normalized spacial score (nSPS) is 17.8. The third-order valence-electron chi connectivity index (χ3n) is 4.07. The fraction of sp³-hybridized carbons (Fsp3) is 0.211. The van der Waals surface area contributed by atoms with E-state index in [9.17, 15) is 23.2 Å². The first kappa shape index (κ1) is 19.3. The molecule has 0 radical (unpaired) electrons. The summed E-state index contributed by atoms with van der Waals surface area (Å²) in [6.07, 6.45) is 0. The summed E-state index contributed by atoms with van der Waals surface area (Å²) < 4.78 is 37.5. The predicted molar refractivity (Wildman–Crippen MR) is 95.0 cm³/mol. The van der Waals surface area contributed by atoms with Crippen molar-refractivity contribution >= 4 is 29.2 Å². The topological polar surface area (TPSA) is 93.7 Å². The van der Waals surface area contributed by atoms with Crippen LogP contribution in [0.15, 0.2) is 36.4 Å². The Balaban J connectivity index is 1.86. The van der Waals surface area contributed by atoms with Crippen LogP contribution in [0.1, 0.15) is 24.2 Å². The molecule has 0 saturated heterocycles. The Kier molecular flexibility index (Phi) is 5.00. The maximum atomic E-state index is 13.8. The lowest BCUT2D eigenvalue weighted by Crippen LogP contribution is -2.55. The van der Waals surface area contributed by atoms with Gasteiger partial charge in [-0.15, -0.1) is 0 Å². The Morgan fingerprint density at radius 2 is 1.96 bits per heavy atom. The van der Waals surface area contributed by atoms with Gasteiger partial charge in [-0.3, -0.25) is 9.59 Å². The fourth-order valence-corrected chi connectivity index (χ4v) is 2.57. The number of amides is 2. The van der Waals surface area contributed by atoms with E-state index < -0.39 is 40.6 Å². The monoisotopic (exact) mass is 390 g/mol. The number of carbonyl (C=O) groups is 3. The van der Waals surface area contributed by atoms with Crippen LogP contribution < -0.4 is 15.4 Å². The zero-order valence-electron chi connectivity index (χ0n) is 15.0. The number of halogens is 2. The molecule has 0 fully saturated rings. The smallest absolute Gasteiger partial charge is 0.360 e. The minimum atomic E-state index is -1.90. The van der Waals surface area contributed by atoms with Crippen molar-refractivity contribution in [1.82, 2.24) is 0 Å². The number of hydrogen-bond acceptors (Lipinski definition) is 5. The van der Waals surface area contributed by atoms with Gasteiger partial charge in [0.25, 0.3) is 17.4 Å². The van der Waals surface area contributed by atoms with Crippen LogP contribution in [0.2, 0.25) is 0 Å². The summed E-state index contributed by atoms with van der Waals surface area (Å²) >= 11 is 0. The molecule has 0 aromatic heterocycles. The number of benzene rings is 2. The maximum Gasteiger partial charge on any atom is 0.360 e. The molecule has 1 aliphatic rings. The summed E-state index contributed by atoms with van der Waals surface area (Å²) in [6.45, 7) is 2.92. The summed E-state index contributed by atoms with van der Waals surface area (Å²) in [7, 11) is 0. The average molecular weight is 390 g/mol. The van der Waals surface area contributed by atoms with Crippen molar-refractivity contribution in [3.63, 3.8) is 0 Å². The molecular weight excluding hydrogens is 374 g/mol. The van der Waals surface area contributed by atoms with Crippen LogP contribution in [-0.4, -0.2) is 30.0 Å². The van der Waals surface area contributed by atoms with E-state index in [0.29, 0.717) is 0 Å². The highest BCUT2D eigenvalue weighted by Crippen LogP contribution is 2.36. The van der Waals surface area contributed by atoms with E-state index in [1.807, 2.05) is 0 Å². The zero-order chi connectivity index (χ0) is 20.5. The minimum Gasteiger partial charge on any atom is -0.464 e. The van der Waals surface area contributed by atoms with E-state index in [0.717, 1.165) is 18.2 Å². The molecule has 2 amide bonds. The Hall–Kier alpha value is -3.49. The standard InChI is InChI=1S/C19H16F2N2O5/c1-3-27-18(26)19(2)17(25)23-14-7-5-11(9-15(14)28-19)22-16(24)12-8-10(20)4-6-13(12)21/h4-9H,3H2,1-2H3,(H,22,24)(H,23,25)/t19-/m1/s1. The molecular formula is C19H16F2N2O5. The molecule has 28 heavy (non-hydrogen) atoms. The molecule has 0 saturated carbocycles. The Bertz CT molecular complexity index is 979. The van der Waals surface area contributed by atoms with Gasteiger partial charge in [-0.2, -0.15) is 0 Å². The molecule has 1 aliphatic heterocycles. The molecule has 7 nitrogen and oxygen atoms in total. The molecule has 146 valence electrons. The molecule has 2 aromatic carbocycles. The van der Waals surface area contributed by atoms with Gasteiger partial charge >= 0.3 is 5.97 Å². The summed E-state index contributed by atoms with van der Waals surface area (Å²) in [5.41, 5.74) is -1.90. The van der Waals surface area contributed by atoms with Crippen LogP contribution in [0, 0.1) is 11.6 Å². The van der Waals surface area contributed by atoms with Gasteiger partial charge in [0.15, 0.2) is 0 Å². The number of esters is 1. The number of fused-ring (bicyclic) bond motifs is 1. The second-order valence-electron chi connectivity index (χ2n) is 6.10. The SMILES string of the molecule is CCOC(=O)[C@]1(C)Oc2cc(NC(=O)c3cc(F)ccc3F)ccc2NC1=O. The lowest BCUT2D eigenvalue weighted by atomic mass is 10.0. The largest absolute Gasteiger partial charge is 0.464 e. The third-order valence-corrected chi connectivity index (χ3v) is 4.07. The first-order valence-electron chi connectivity index (χ1n) is 8.32. The Morgan fingerprint density at radius 1 is 1.21 bits per heavy atom. The Morgan fingerprint density at radius 3 is 2.68 bits per heavy atom. The zero-order valence-corrected chi connectivity index (χ0v) is 15.0. The molecule has 1 atom stereocenters. The minimum absolute atomic E-state index is 0.0627. The highest BCUT2D eigenvalue weighted by molar-refractivity contribution is 6.14. The first-order valence-corrected chi connectivity index (χ1v) is 8.32. The lowest BCUT2D eigenvalue weighted by molar-refractivity contribution is -0.165. The molecule has 0 bridgehead atoms. The second kappa shape index (κ2) is 7.26. The van der Waals surface area contributed by atoms with E-state index >= 15 is 0 Å². The molecule has 1 heterocycles. The predicted octanol–water partition coefficient (Wildman–Crippen LogP) is 2.87. The third kappa shape index (κ3) is 3.51. The number of rotatable bonds is 4. The van der Waals surface area contributed by atoms with E-state index in [2.05, 4.69) is 10.6 Å². The number of anilines is 2. The molecule has 2 N–H and O–H groups in total. The van der Waals surface area contributed by atoms with Gasteiger partial charge in [-0.1, -0.05) is 0 Å². The summed E-state index contributed by atoms with van der Waals surface area (Å²) in [5, 5.41) is 4.95. The van der Waals surface area contributed by atoms with Crippen LogP contribution in [0.25, 0.3) is 0 Å². The van der Waals surface area contributed by atoms with E-state index in [4.69, 9.17) is 9.47 Å². The molecule has 3 rings (SSSR count). The second-order valence-corrected chi connectivity index (χ2v) is 6.10. The van der Waals surface area contributed by atoms with Gasteiger partial charge in [0.2, 0.25) is 0 Å². The quantitative estimate of drug-likeness (QED) is 0.619. The van der Waals surface area contributed by atoms with Crippen LogP contribution in [0.4, 0.5) is 20.2 Å². The summed E-state index contributed by atoms with van der Waals surface area (Å²) in [6, 6.07) is 6.75. The number of carbonyl (C=O) groups excluding carboxylic acids is 3. The van der Waals surface area contributed by atoms with E-state index in [-0.39, 0.29) is 23.7 Å². The van der Waals surface area contributed by atoms with Gasteiger partial charge in [-0.05, 0) is 44.2 Å². The van der Waals surface area contributed by atoms with Crippen LogP contribution in [0.3, 0.4) is 0 Å². The van der Waals surface area contributed by atoms with Crippen molar-refractivity contribution in [1.29, 1.82) is 0 Å². The van der Waals surface area contributed by atoms with Gasteiger partial charge in [0, 0.05) is 11.8 Å². The van der Waals surface area contributed by atoms with Crippen molar-refractivity contribution in [2.24, 2.45) is 0 Å². The highest BCUT2D eigenvalue weighted by atomic mass is 19.1. The maximum absolute atomic E-state index is 13.8.